The predicted octanol–water partition coefficient (Wildman–Crippen LogP) is 2.67. The van der Waals surface area contributed by atoms with Crippen molar-refractivity contribution in [3.05, 3.63) is 35.4 Å². The summed E-state index contributed by atoms with van der Waals surface area (Å²) in [5.41, 5.74) is 6.43. The number of nitrogens with one attached hydrogen (secondary N) is 2. The van der Waals surface area contributed by atoms with Gasteiger partial charge in [-0.2, -0.15) is 13.2 Å². The van der Waals surface area contributed by atoms with Crippen LogP contribution < -0.4 is 10.9 Å². The molecule has 0 bridgehead atoms. The molecule has 2 aliphatic heterocycles. The predicted molar refractivity (Wildman–Crippen MR) is 84.2 cm³/mol. The van der Waals surface area contributed by atoms with Crippen molar-refractivity contribution in [2.75, 3.05) is 19.6 Å². The zero-order valence-corrected chi connectivity index (χ0v) is 13.4. The number of nitrogens with zero attached hydrogens (tertiary/aromatic N) is 1. The molecule has 7 heteroatoms. The maximum Gasteiger partial charge on any atom is 0.416 e. The van der Waals surface area contributed by atoms with Gasteiger partial charge in [0.05, 0.1) is 5.56 Å². The van der Waals surface area contributed by atoms with Gasteiger partial charge in [-0.05, 0) is 42.9 Å². The number of carbonyl (C=O) groups excluding carboxylic acids is 1. The van der Waals surface area contributed by atoms with Crippen LogP contribution in [-0.2, 0) is 11.0 Å². The molecule has 2 heterocycles. The minimum absolute atomic E-state index is 0.155. The van der Waals surface area contributed by atoms with Gasteiger partial charge in [0.1, 0.15) is 0 Å². The molecule has 132 valence electrons. The lowest BCUT2D eigenvalue weighted by molar-refractivity contribution is -0.137. The van der Waals surface area contributed by atoms with E-state index in [1.165, 1.54) is 0 Å². The quantitative estimate of drug-likeness (QED) is 0.888. The molecule has 1 aromatic rings. The topological polar surface area (TPSA) is 44.4 Å². The van der Waals surface area contributed by atoms with Crippen molar-refractivity contribution in [1.29, 1.82) is 0 Å². The maximum atomic E-state index is 12.6. The number of hydrogen-bond donors (Lipinski definition) is 2. The van der Waals surface area contributed by atoms with Gasteiger partial charge in [-0.25, -0.2) is 0 Å². The van der Waals surface area contributed by atoms with E-state index in [0.717, 1.165) is 43.5 Å². The van der Waals surface area contributed by atoms with E-state index in [1.807, 2.05) is 4.90 Å². The van der Waals surface area contributed by atoms with Crippen LogP contribution >= 0.6 is 0 Å². The maximum absolute atomic E-state index is 12.6. The molecule has 4 nitrogen and oxygen atoms in total. The first-order valence-corrected chi connectivity index (χ1v) is 8.37. The Balaban J connectivity index is 1.52. The smallest absolute Gasteiger partial charge is 0.343 e. The highest BCUT2D eigenvalue weighted by Gasteiger charge is 2.31. The normalized spacial score (nSPS) is 22.8. The molecule has 3 rings (SSSR count). The van der Waals surface area contributed by atoms with Gasteiger partial charge in [0.15, 0.2) is 0 Å². The summed E-state index contributed by atoms with van der Waals surface area (Å²) >= 11 is 0. The Hall–Kier alpha value is -1.60. The number of rotatable bonds is 3. The largest absolute Gasteiger partial charge is 0.416 e. The molecule has 1 atom stereocenters. The highest BCUT2D eigenvalue weighted by Crippen LogP contribution is 2.33. The summed E-state index contributed by atoms with van der Waals surface area (Å²) in [5, 5.41) is 0. The van der Waals surface area contributed by atoms with Crippen LogP contribution in [0.15, 0.2) is 24.3 Å². The Labute approximate surface area is 139 Å². The van der Waals surface area contributed by atoms with E-state index in [4.69, 9.17) is 0 Å². The van der Waals surface area contributed by atoms with Gasteiger partial charge in [0.2, 0.25) is 5.91 Å². The van der Waals surface area contributed by atoms with Crippen molar-refractivity contribution in [2.45, 2.75) is 43.8 Å². The van der Waals surface area contributed by atoms with E-state index >= 15 is 0 Å². The third kappa shape index (κ3) is 4.08. The molecule has 0 radical (unpaired) electrons. The Bertz CT molecular complexity index is 559. The molecule has 24 heavy (non-hydrogen) atoms. The van der Waals surface area contributed by atoms with Crippen LogP contribution in [0.25, 0.3) is 0 Å². The Kier molecular flexibility index (Phi) is 5.10. The molecule has 0 saturated carbocycles. The van der Waals surface area contributed by atoms with Gasteiger partial charge in [0.25, 0.3) is 0 Å². The highest BCUT2D eigenvalue weighted by molar-refractivity contribution is 5.77. The first kappa shape index (κ1) is 17.2. The SMILES string of the molecule is O=C(CC1CCNN1)N1CCC(c2ccc(C(F)(F)F)cc2)CC1. The van der Waals surface area contributed by atoms with E-state index in [1.54, 1.807) is 12.1 Å². The molecular weight excluding hydrogens is 319 g/mol. The molecule has 0 aliphatic carbocycles. The zero-order valence-electron chi connectivity index (χ0n) is 13.4. The number of benzene rings is 1. The minimum Gasteiger partial charge on any atom is -0.343 e. The van der Waals surface area contributed by atoms with Crippen LogP contribution in [0.1, 0.15) is 42.7 Å². The molecule has 1 unspecified atom stereocenters. The number of carbonyl (C=O) groups is 1. The number of likely N-dealkylation sites (tertiary alicyclic amines) is 1. The molecule has 2 saturated heterocycles. The first-order chi connectivity index (χ1) is 11.4. The average molecular weight is 341 g/mol. The van der Waals surface area contributed by atoms with Crippen LogP contribution in [0, 0.1) is 0 Å². The molecule has 1 aromatic carbocycles. The fraction of sp³-hybridized carbons (Fsp3) is 0.588. The van der Waals surface area contributed by atoms with E-state index in [9.17, 15) is 18.0 Å². The highest BCUT2D eigenvalue weighted by atomic mass is 19.4. The van der Waals surface area contributed by atoms with Gasteiger partial charge in [-0.1, -0.05) is 12.1 Å². The third-order valence-electron chi connectivity index (χ3n) is 4.90. The lowest BCUT2D eigenvalue weighted by atomic mass is 9.88. The Morgan fingerprint density at radius 2 is 1.79 bits per heavy atom. The van der Waals surface area contributed by atoms with Crippen LogP contribution in [0.4, 0.5) is 13.2 Å². The lowest BCUT2D eigenvalue weighted by Gasteiger charge is -2.33. The lowest BCUT2D eigenvalue weighted by Crippen LogP contribution is -2.41. The number of halogens is 3. The molecule has 1 amide bonds. The van der Waals surface area contributed by atoms with Crippen molar-refractivity contribution in [1.82, 2.24) is 15.8 Å². The van der Waals surface area contributed by atoms with Crippen LogP contribution in [0.5, 0.6) is 0 Å². The molecular formula is C17H22F3N3O. The van der Waals surface area contributed by atoms with Gasteiger partial charge in [0, 0.05) is 32.1 Å². The van der Waals surface area contributed by atoms with Gasteiger partial charge in [-0.3, -0.25) is 15.6 Å². The summed E-state index contributed by atoms with van der Waals surface area (Å²) in [5.74, 6) is 0.379. The second kappa shape index (κ2) is 7.11. The van der Waals surface area contributed by atoms with E-state index in [2.05, 4.69) is 10.9 Å². The Morgan fingerprint density at radius 1 is 1.12 bits per heavy atom. The summed E-state index contributed by atoms with van der Waals surface area (Å²) < 4.78 is 37.8. The van der Waals surface area contributed by atoms with Crippen molar-refractivity contribution in [2.24, 2.45) is 0 Å². The standard InChI is InChI=1S/C17H22F3N3O/c18-17(19,20)14-3-1-12(2-4-14)13-6-9-23(10-7-13)16(24)11-15-5-8-21-22-15/h1-4,13,15,21-22H,5-11H2. The molecule has 2 fully saturated rings. The average Bonchev–Trinajstić information content (AvgIpc) is 3.07. The summed E-state index contributed by atoms with van der Waals surface area (Å²) in [4.78, 5) is 14.2. The van der Waals surface area contributed by atoms with Crippen molar-refractivity contribution in [3.63, 3.8) is 0 Å². The third-order valence-corrected chi connectivity index (χ3v) is 4.90. The molecule has 0 aromatic heterocycles. The minimum atomic E-state index is -4.29. The van der Waals surface area contributed by atoms with Crippen LogP contribution in [0.3, 0.4) is 0 Å². The van der Waals surface area contributed by atoms with Crippen molar-refractivity contribution < 1.29 is 18.0 Å². The number of hydrogen-bond acceptors (Lipinski definition) is 3. The van der Waals surface area contributed by atoms with E-state index in [-0.39, 0.29) is 17.9 Å². The van der Waals surface area contributed by atoms with Crippen LogP contribution in [0.2, 0.25) is 0 Å². The monoisotopic (exact) mass is 341 g/mol. The number of alkyl halides is 3. The van der Waals surface area contributed by atoms with Gasteiger partial charge in [-0.15, -0.1) is 0 Å². The number of hydrazine groups is 1. The van der Waals surface area contributed by atoms with E-state index in [0.29, 0.717) is 19.5 Å². The zero-order chi connectivity index (χ0) is 17.2. The van der Waals surface area contributed by atoms with Gasteiger partial charge >= 0.3 is 6.18 Å². The summed E-state index contributed by atoms with van der Waals surface area (Å²) in [6.45, 7) is 2.23. The molecule has 2 N–H and O–H groups in total. The van der Waals surface area contributed by atoms with Gasteiger partial charge < -0.3 is 4.90 Å². The second-order valence-corrected chi connectivity index (χ2v) is 6.54. The van der Waals surface area contributed by atoms with Crippen molar-refractivity contribution in [3.8, 4) is 0 Å². The molecule has 2 aliphatic rings. The van der Waals surface area contributed by atoms with E-state index < -0.39 is 11.7 Å². The number of amides is 1. The summed E-state index contributed by atoms with van der Waals surface area (Å²) in [6, 6.07) is 5.63. The fourth-order valence-corrected chi connectivity index (χ4v) is 3.43. The second-order valence-electron chi connectivity index (χ2n) is 6.54. The summed E-state index contributed by atoms with van der Waals surface area (Å²) in [6.07, 6.45) is -1.25. The number of piperidine rings is 1. The van der Waals surface area contributed by atoms with Crippen LogP contribution in [-0.4, -0.2) is 36.5 Å². The fourth-order valence-electron chi connectivity index (χ4n) is 3.43. The molecule has 0 spiro atoms. The first-order valence-electron chi connectivity index (χ1n) is 8.37. The van der Waals surface area contributed by atoms with Crippen molar-refractivity contribution >= 4 is 5.91 Å². The summed E-state index contributed by atoms with van der Waals surface area (Å²) in [7, 11) is 0. The Morgan fingerprint density at radius 3 is 2.33 bits per heavy atom.